The van der Waals surface area contributed by atoms with Gasteiger partial charge in [-0.2, -0.15) is 5.26 Å². The van der Waals surface area contributed by atoms with Gasteiger partial charge in [0.15, 0.2) is 0 Å². The van der Waals surface area contributed by atoms with Gasteiger partial charge < -0.3 is 10.2 Å². The van der Waals surface area contributed by atoms with Gasteiger partial charge in [0.1, 0.15) is 11.6 Å². The summed E-state index contributed by atoms with van der Waals surface area (Å²) >= 11 is 0. The number of pyridine rings is 1. The van der Waals surface area contributed by atoms with E-state index in [1.54, 1.807) is 24.3 Å². The lowest BCUT2D eigenvalue weighted by Crippen LogP contribution is -2.46. The number of nitriles is 1. The van der Waals surface area contributed by atoms with E-state index < -0.39 is 0 Å². The molecule has 0 saturated carbocycles. The molecule has 1 unspecified atom stereocenters. The monoisotopic (exact) mass is 533 g/mol. The Labute approximate surface area is 234 Å². The Balaban J connectivity index is 1.35. The van der Waals surface area contributed by atoms with Crippen LogP contribution in [-0.2, 0) is 6.42 Å². The predicted octanol–water partition coefficient (Wildman–Crippen LogP) is 6.23. The van der Waals surface area contributed by atoms with Crippen LogP contribution in [0.4, 0.5) is 10.2 Å². The summed E-state index contributed by atoms with van der Waals surface area (Å²) in [5.41, 5.74) is 4.54. The maximum absolute atomic E-state index is 14.2. The number of halogens is 1. The van der Waals surface area contributed by atoms with E-state index in [4.69, 9.17) is 4.98 Å². The third-order valence-electron chi connectivity index (χ3n) is 8.09. The van der Waals surface area contributed by atoms with Crippen molar-refractivity contribution < 1.29 is 9.18 Å². The molecule has 2 aliphatic heterocycles. The van der Waals surface area contributed by atoms with Gasteiger partial charge in [0.25, 0.3) is 5.91 Å². The largest absolute Gasteiger partial charge is 0.370 e. The molecule has 1 aromatic heterocycles. The molecule has 0 radical (unpaired) electrons. The Morgan fingerprint density at radius 2 is 1.75 bits per heavy atom. The van der Waals surface area contributed by atoms with E-state index in [0.29, 0.717) is 35.5 Å². The predicted molar refractivity (Wildman–Crippen MR) is 155 cm³/mol. The maximum atomic E-state index is 14.2. The molecule has 4 aromatic rings. The molecule has 6 rings (SSSR count). The van der Waals surface area contributed by atoms with Gasteiger partial charge in [0, 0.05) is 31.6 Å². The normalized spacial score (nSPS) is 17.3. The lowest BCUT2D eigenvalue weighted by Gasteiger charge is -2.32. The van der Waals surface area contributed by atoms with Crippen LogP contribution in [0.15, 0.2) is 72.8 Å². The third-order valence-corrected chi connectivity index (χ3v) is 8.09. The number of likely N-dealkylation sites (tertiary alicyclic amines) is 2. The molecule has 2 aliphatic rings. The molecule has 6 nitrogen and oxygen atoms in total. The highest BCUT2D eigenvalue weighted by Crippen LogP contribution is 2.32. The first-order valence-electron chi connectivity index (χ1n) is 14.1. The number of carbonyl (C=O) groups excluding carboxylic acids is 1. The van der Waals surface area contributed by atoms with Gasteiger partial charge in [-0.15, -0.1) is 0 Å². The van der Waals surface area contributed by atoms with Crippen LogP contribution in [0.1, 0.15) is 47.2 Å². The summed E-state index contributed by atoms with van der Waals surface area (Å²) in [6.07, 6.45) is 5.01. The second kappa shape index (κ2) is 11.4. The molecule has 40 heavy (non-hydrogen) atoms. The molecule has 202 valence electrons. The third kappa shape index (κ3) is 5.28. The second-order valence-corrected chi connectivity index (χ2v) is 10.6. The van der Waals surface area contributed by atoms with Crippen molar-refractivity contribution in [3.8, 4) is 17.2 Å². The number of hydrogen-bond donors (Lipinski definition) is 1. The Kier molecular flexibility index (Phi) is 7.43. The molecule has 1 amide bonds. The fraction of sp³-hybridized carbons (Fsp3) is 0.303. The van der Waals surface area contributed by atoms with Gasteiger partial charge >= 0.3 is 0 Å². The molecular formula is C33H32FN5O. The fourth-order valence-electron chi connectivity index (χ4n) is 6.00. The molecule has 0 bridgehead atoms. The van der Waals surface area contributed by atoms with Gasteiger partial charge in [-0.05, 0) is 85.2 Å². The Morgan fingerprint density at radius 1 is 0.975 bits per heavy atom. The SMILES string of the molecule is N#Cc1ccc(-c2ccc3nc(NCCc4ccccc4F)cc(C(=O)N4CCCC4N4CCCC4)c3c2)cc1. The van der Waals surface area contributed by atoms with Gasteiger partial charge in [-0.25, -0.2) is 9.37 Å². The van der Waals surface area contributed by atoms with E-state index in [1.165, 1.54) is 18.9 Å². The summed E-state index contributed by atoms with van der Waals surface area (Å²) < 4.78 is 14.1. The summed E-state index contributed by atoms with van der Waals surface area (Å²) in [4.78, 5) is 23.5. The van der Waals surface area contributed by atoms with E-state index in [9.17, 15) is 14.4 Å². The molecule has 1 atom stereocenters. The van der Waals surface area contributed by atoms with Crippen molar-refractivity contribution in [1.29, 1.82) is 5.26 Å². The lowest BCUT2D eigenvalue weighted by molar-refractivity contribution is 0.0533. The van der Waals surface area contributed by atoms with Gasteiger partial charge in [-0.1, -0.05) is 36.4 Å². The van der Waals surface area contributed by atoms with E-state index in [1.807, 2.05) is 47.4 Å². The minimum atomic E-state index is -0.219. The maximum Gasteiger partial charge on any atom is 0.255 e. The summed E-state index contributed by atoms with van der Waals surface area (Å²) in [7, 11) is 0. The summed E-state index contributed by atoms with van der Waals surface area (Å²) in [5.74, 6) is 0.412. The fourth-order valence-corrected chi connectivity index (χ4v) is 6.00. The van der Waals surface area contributed by atoms with Crippen molar-refractivity contribution in [3.05, 3.63) is 95.3 Å². The number of benzene rings is 3. The number of nitrogens with zero attached hydrogens (tertiary/aromatic N) is 4. The molecule has 1 N–H and O–H groups in total. The van der Waals surface area contributed by atoms with Crippen LogP contribution in [0.2, 0.25) is 0 Å². The number of carbonyl (C=O) groups is 1. The minimum absolute atomic E-state index is 0.0240. The van der Waals surface area contributed by atoms with Crippen molar-refractivity contribution in [3.63, 3.8) is 0 Å². The highest BCUT2D eigenvalue weighted by Gasteiger charge is 2.35. The quantitative estimate of drug-likeness (QED) is 0.305. The standard InChI is InChI=1S/C33H32FN5O/c34-29-7-2-1-6-25(29)15-16-36-31-21-28(33(40)39-19-5-8-32(39)38-17-3-4-18-38)27-20-26(13-14-30(27)37-31)24-11-9-23(22-35)10-12-24/h1-2,6-7,9-14,20-21,32H,3-5,8,15-19H2,(H,36,37). The van der Waals surface area contributed by atoms with Crippen molar-refractivity contribution in [2.75, 3.05) is 31.5 Å². The molecule has 7 heteroatoms. The van der Waals surface area contributed by atoms with Crippen LogP contribution in [0.3, 0.4) is 0 Å². The first-order valence-corrected chi connectivity index (χ1v) is 14.1. The Hall–Kier alpha value is -4.28. The number of amides is 1. The smallest absolute Gasteiger partial charge is 0.255 e. The molecule has 0 aliphatic carbocycles. The summed E-state index contributed by atoms with van der Waals surface area (Å²) in [5, 5.41) is 13.3. The highest BCUT2D eigenvalue weighted by molar-refractivity contribution is 6.08. The van der Waals surface area contributed by atoms with E-state index in [2.05, 4.69) is 16.3 Å². The van der Waals surface area contributed by atoms with Crippen molar-refractivity contribution in [2.24, 2.45) is 0 Å². The van der Waals surface area contributed by atoms with Crippen LogP contribution >= 0.6 is 0 Å². The van der Waals surface area contributed by atoms with Crippen molar-refractivity contribution in [2.45, 2.75) is 38.3 Å². The van der Waals surface area contributed by atoms with Gasteiger partial charge in [0.2, 0.25) is 0 Å². The zero-order valence-corrected chi connectivity index (χ0v) is 22.4. The first kappa shape index (κ1) is 26.0. The zero-order chi connectivity index (χ0) is 27.5. The topological polar surface area (TPSA) is 72.3 Å². The molecule has 0 spiro atoms. The molecule has 3 heterocycles. The number of rotatable bonds is 7. The van der Waals surface area contributed by atoms with Crippen LogP contribution in [-0.4, -0.2) is 53.0 Å². The molecule has 3 aromatic carbocycles. The van der Waals surface area contributed by atoms with Crippen LogP contribution in [0.5, 0.6) is 0 Å². The van der Waals surface area contributed by atoms with Crippen LogP contribution in [0, 0.1) is 17.1 Å². The van der Waals surface area contributed by atoms with E-state index in [-0.39, 0.29) is 17.9 Å². The van der Waals surface area contributed by atoms with E-state index >= 15 is 0 Å². The molecule has 2 fully saturated rings. The zero-order valence-electron chi connectivity index (χ0n) is 22.4. The van der Waals surface area contributed by atoms with E-state index in [0.717, 1.165) is 54.5 Å². The average Bonchev–Trinajstić information content (AvgIpc) is 3.70. The molecular weight excluding hydrogens is 501 g/mol. The lowest BCUT2D eigenvalue weighted by atomic mass is 9.99. The van der Waals surface area contributed by atoms with Gasteiger partial charge in [-0.3, -0.25) is 9.69 Å². The van der Waals surface area contributed by atoms with Gasteiger partial charge in [0.05, 0.1) is 28.9 Å². The first-order chi connectivity index (χ1) is 19.6. The number of anilines is 1. The minimum Gasteiger partial charge on any atom is -0.370 e. The van der Waals surface area contributed by atoms with Crippen molar-refractivity contribution >= 4 is 22.6 Å². The highest BCUT2D eigenvalue weighted by atomic mass is 19.1. The van der Waals surface area contributed by atoms with Crippen LogP contribution < -0.4 is 5.32 Å². The number of hydrogen-bond acceptors (Lipinski definition) is 5. The Bertz CT molecular complexity index is 1570. The molecule has 2 saturated heterocycles. The number of nitrogens with one attached hydrogen (secondary N) is 1. The summed E-state index contributed by atoms with van der Waals surface area (Å²) in [6.45, 7) is 3.32. The van der Waals surface area contributed by atoms with Crippen molar-refractivity contribution in [1.82, 2.24) is 14.8 Å². The number of fused-ring (bicyclic) bond motifs is 1. The second-order valence-electron chi connectivity index (χ2n) is 10.6. The average molecular weight is 534 g/mol. The number of aromatic nitrogens is 1. The summed E-state index contributed by atoms with van der Waals surface area (Å²) in [6, 6.07) is 24.2. The Morgan fingerprint density at radius 3 is 2.52 bits per heavy atom. The van der Waals surface area contributed by atoms with Crippen LogP contribution in [0.25, 0.3) is 22.0 Å².